The van der Waals surface area contributed by atoms with Gasteiger partial charge in [-0.25, -0.2) is 0 Å². The second-order valence-corrected chi connectivity index (χ2v) is 3.70. The molecule has 5 heteroatoms. The van der Waals surface area contributed by atoms with E-state index in [2.05, 4.69) is 13.8 Å². The SMILES string of the molecule is CCCCCC(=O)O.CCCCCC(=O)O.[Zn]. The predicted octanol–water partition coefficient (Wildman–Crippen LogP) is 3.30. The Hall–Kier alpha value is -0.437. The number of hydrogen-bond donors (Lipinski definition) is 2. The molecule has 2 N–H and O–H groups in total. The number of aliphatic carboxylic acids is 2. The monoisotopic (exact) mass is 296 g/mol. The fourth-order valence-electron chi connectivity index (χ4n) is 1.05. The first-order valence-electron chi connectivity index (χ1n) is 5.98. The molecule has 0 atom stereocenters. The van der Waals surface area contributed by atoms with Crippen molar-refractivity contribution in [3.63, 3.8) is 0 Å². The number of carbonyl (C=O) groups is 2. The van der Waals surface area contributed by atoms with Gasteiger partial charge in [-0.15, -0.1) is 0 Å². The number of hydrogen-bond acceptors (Lipinski definition) is 2. The first-order valence-corrected chi connectivity index (χ1v) is 5.98. The van der Waals surface area contributed by atoms with Crippen molar-refractivity contribution in [2.75, 3.05) is 0 Å². The number of rotatable bonds is 8. The Bertz CT molecular complexity index is 163. The van der Waals surface area contributed by atoms with Crippen molar-refractivity contribution in [1.29, 1.82) is 0 Å². The Kier molecular flexibility index (Phi) is 23.0. The van der Waals surface area contributed by atoms with Gasteiger partial charge in [-0.3, -0.25) is 9.59 Å². The molecule has 0 aliphatic heterocycles. The summed E-state index contributed by atoms with van der Waals surface area (Å²) in [5, 5.41) is 16.3. The Morgan fingerprint density at radius 3 is 1.24 bits per heavy atom. The fourth-order valence-corrected chi connectivity index (χ4v) is 1.05. The molecule has 0 aliphatic rings. The van der Waals surface area contributed by atoms with Crippen LogP contribution in [0.5, 0.6) is 0 Å². The minimum Gasteiger partial charge on any atom is -0.481 e. The van der Waals surface area contributed by atoms with E-state index in [1.807, 2.05) is 0 Å². The molecular weight excluding hydrogens is 274 g/mol. The van der Waals surface area contributed by atoms with Crippen LogP contribution in [-0.2, 0) is 29.1 Å². The van der Waals surface area contributed by atoms with Gasteiger partial charge in [0.1, 0.15) is 0 Å². The Morgan fingerprint density at radius 1 is 0.765 bits per heavy atom. The van der Waals surface area contributed by atoms with Gasteiger partial charge in [-0.2, -0.15) is 0 Å². The molecule has 0 aromatic rings. The average Bonchev–Trinajstić information content (AvgIpc) is 2.18. The molecule has 0 fully saturated rings. The van der Waals surface area contributed by atoms with Gasteiger partial charge in [0.25, 0.3) is 0 Å². The van der Waals surface area contributed by atoms with E-state index >= 15 is 0 Å². The summed E-state index contributed by atoms with van der Waals surface area (Å²) < 4.78 is 0. The van der Waals surface area contributed by atoms with Crippen molar-refractivity contribution in [3.05, 3.63) is 0 Å². The molecule has 0 aliphatic carbocycles. The first kappa shape index (κ1) is 21.8. The molecule has 0 rings (SSSR count). The predicted molar refractivity (Wildman–Crippen MR) is 63.6 cm³/mol. The minimum atomic E-state index is -0.682. The quantitative estimate of drug-likeness (QED) is 0.532. The van der Waals surface area contributed by atoms with Crippen LogP contribution in [0.3, 0.4) is 0 Å². The molecule has 0 saturated carbocycles. The van der Waals surface area contributed by atoms with Gasteiger partial charge in [0.15, 0.2) is 0 Å². The molecule has 0 spiro atoms. The average molecular weight is 298 g/mol. The van der Waals surface area contributed by atoms with E-state index in [1.165, 1.54) is 0 Å². The summed E-state index contributed by atoms with van der Waals surface area (Å²) in [5.74, 6) is -1.36. The molecule has 0 saturated heterocycles. The van der Waals surface area contributed by atoms with E-state index in [1.54, 1.807) is 0 Å². The smallest absolute Gasteiger partial charge is 0.303 e. The normalized spacial score (nSPS) is 8.59. The number of carboxylic acids is 2. The van der Waals surface area contributed by atoms with Crippen molar-refractivity contribution in [2.24, 2.45) is 0 Å². The van der Waals surface area contributed by atoms with Gasteiger partial charge in [0.05, 0.1) is 0 Å². The van der Waals surface area contributed by atoms with E-state index in [0.717, 1.165) is 38.5 Å². The Morgan fingerprint density at radius 2 is 1.06 bits per heavy atom. The van der Waals surface area contributed by atoms with Crippen molar-refractivity contribution in [3.8, 4) is 0 Å². The molecule has 17 heavy (non-hydrogen) atoms. The summed E-state index contributed by atoms with van der Waals surface area (Å²) in [7, 11) is 0. The Balaban J connectivity index is -0.000000218. The maximum absolute atomic E-state index is 9.87. The largest absolute Gasteiger partial charge is 0.481 e. The van der Waals surface area contributed by atoms with Gasteiger partial charge in [0.2, 0.25) is 0 Å². The molecule has 0 aromatic heterocycles. The van der Waals surface area contributed by atoms with Gasteiger partial charge in [-0.05, 0) is 12.8 Å². The van der Waals surface area contributed by atoms with Crippen molar-refractivity contribution in [2.45, 2.75) is 65.2 Å². The van der Waals surface area contributed by atoms with Crippen LogP contribution >= 0.6 is 0 Å². The van der Waals surface area contributed by atoms with Crippen LogP contribution in [0.25, 0.3) is 0 Å². The van der Waals surface area contributed by atoms with E-state index in [-0.39, 0.29) is 19.5 Å². The zero-order chi connectivity index (χ0) is 12.8. The Labute approximate surface area is 117 Å². The van der Waals surface area contributed by atoms with Gasteiger partial charge >= 0.3 is 11.9 Å². The summed E-state index contributed by atoms with van der Waals surface area (Å²) in [5.41, 5.74) is 0. The second-order valence-electron chi connectivity index (χ2n) is 3.70. The fraction of sp³-hybridized carbons (Fsp3) is 0.833. The molecule has 0 bridgehead atoms. The summed E-state index contributed by atoms with van der Waals surface area (Å²) >= 11 is 0. The maximum Gasteiger partial charge on any atom is 0.303 e. The molecule has 0 unspecified atom stereocenters. The first-order chi connectivity index (χ1) is 7.54. The van der Waals surface area contributed by atoms with Crippen LogP contribution in [-0.4, -0.2) is 22.2 Å². The number of unbranched alkanes of at least 4 members (excludes halogenated alkanes) is 4. The van der Waals surface area contributed by atoms with Crippen LogP contribution in [0.2, 0.25) is 0 Å². The van der Waals surface area contributed by atoms with Crippen molar-refractivity contribution < 1.29 is 39.3 Å². The third-order valence-corrected chi connectivity index (χ3v) is 1.99. The summed E-state index contributed by atoms with van der Waals surface area (Å²) in [4.78, 5) is 19.7. The van der Waals surface area contributed by atoms with E-state index in [4.69, 9.17) is 10.2 Å². The topological polar surface area (TPSA) is 74.6 Å². The maximum atomic E-state index is 9.87. The van der Waals surface area contributed by atoms with Crippen LogP contribution < -0.4 is 0 Å². The summed E-state index contributed by atoms with van der Waals surface area (Å²) in [6, 6.07) is 0. The molecule has 0 aromatic carbocycles. The van der Waals surface area contributed by atoms with Crippen LogP contribution in [0.15, 0.2) is 0 Å². The van der Waals surface area contributed by atoms with Crippen molar-refractivity contribution >= 4 is 11.9 Å². The second kappa shape index (κ2) is 17.9. The number of carboxylic acid groups (broad SMARTS) is 2. The van der Waals surface area contributed by atoms with E-state index in [9.17, 15) is 9.59 Å². The van der Waals surface area contributed by atoms with Crippen LogP contribution in [0.1, 0.15) is 65.2 Å². The third kappa shape index (κ3) is 31.3. The van der Waals surface area contributed by atoms with E-state index in [0.29, 0.717) is 12.8 Å². The molecule has 98 valence electrons. The van der Waals surface area contributed by atoms with Crippen molar-refractivity contribution in [1.82, 2.24) is 0 Å². The van der Waals surface area contributed by atoms with E-state index < -0.39 is 11.9 Å². The van der Waals surface area contributed by atoms with Crippen LogP contribution in [0, 0.1) is 0 Å². The molecule has 0 amide bonds. The third-order valence-electron chi connectivity index (χ3n) is 1.99. The molecular formula is C12H24O4Zn. The summed E-state index contributed by atoms with van der Waals surface area (Å²) in [6.07, 6.45) is 6.55. The minimum absolute atomic E-state index is 0. The zero-order valence-corrected chi connectivity index (χ0v) is 14.0. The van der Waals surface area contributed by atoms with Crippen LogP contribution in [0.4, 0.5) is 0 Å². The zero-order valence-electron chi connectivity index (χ0n) is 11.1. The molecule has 0 radical (unpaired) electrons. The van der Waals surface area contributed by atoms with Gasteiger partial charge < -0.3 is 10.2 Å². The van der Waals surface area contributed by atoms with Gasteiger partial charge in [-0.1, -0.05) is 39.5 Å². The molecule has 4 nitrogen and oxygen atoms in total. The standard InChI is InChI=1S/2C6H12O2.Zn/c2*1-2-3-4-5-6(7)8;/h2*2-5H2,1H3,(H,7,8);. The molecule has 0 heterocycles. The van der Waals surface area contributed by atoms with Gasteiger partial charge in [0, 0.05) is 32.3 Å². The summed E-state index contributed by atoms with van der Waals surface area (Å²) in [6.45, 7) is 4.11.